The number of anilines is 1. The van der Waals surface area contributed by atoms with Gasteiger partial charge in [0.05, 0.1) is 18.7 Å². The van der Waals surface area contributed by atoms with Gasteiger partial charge in [-0.05, 0) is 31.6 Å². The summed E-state index contributed by atoms with van der Waals surface area (Å²) in [4.78, 5) is 14.2. The van der Waals surface area contributed by atoms with Crippen LogP contribution in [-0.4, -0.2) is 50.6 Å². The quantitative estimate of drug-likeness (QED) is 0.886. The van der Waals surface area contributed by atoms with E-state index in [1.807, 2.05) is 0 Å². The molecular formula is C14H20ClN3O2. The van der Waals surface area contributed by atoms with E-state index in [0.29, 0.717) is 23.0 Å². The summed E-state index contributed by atoms with van der Waals surface area (Å²) in [5, 5.41) is 6.72. The first-order chi connectivity index (χ1) is 9.69. The molecule has 2 rings (SSSR count). The van der Waals surface area contributed by atoms with Gasteiger partial charge < -0.3 is 15.4 Å². The first kappa shape index (κ1) is 15.1. The summed E-state index contributed by atoms with van der Waals surface area (Å²) in [5.41, 5.74) is 0.698. The van der Waals surface area contributed by atoms with Gasteiger partial charge in [-0.15, -0.1) is 0 Å². The summed E-state index contributed by atoms with van der Waals surface area (Å²) in [5.74, 6) is 0.541. The fourth-order valence-electron chi connectivity index (χ4n) is 2.20. The van der Waals surface area contributed by atoms with Gasteiger partial charge in [0.1, 0.15) is 5.75 Å². The Morgan fingerprint density at radius 2 is 2.30 bits per heavy atom. The Morgan fingerprint density at radius 1 is 1.45 bits per heavy atom. The lowest BCUT2D eigenvalue weighted by atomic mass is 10.3. The minimum absolute atomic E-state index is 0.0173. The second-order valence-electron chi connectivity index (χ2n) is 4.78. The van der Waals surface area contributed by atoms with Gasteiger partial charge in [0.25, 0.3) is 0 Å². The van der Waals surface area contributed by atoms with E-state index in [-0.39, 0.29) is 5.91 Å². The van der Waals surface area contributed by atoms with E-state index in [1.54, 1.807) is 25.3 Å². The minimum atomic E-state index is -0.0173. The molecule has 1 saturated heterocycles. The van der Waals surface area contributed by atoms with Crippen LogP contribution in [0.3, 0.4) is 0 Å². The Kier molecular flexibility index (Phi) is 5.64. The number of carbonyl (C=O) groups is 1. The topological polar surface area (TPSA) is 53.6 Å². The van der Waals surface area contributed by atoms with Crippen molar-refractivity contribution >= 4 is 23.2 Å². The molecule has 0 atom stereocenters. The predicted octanol–water partition coefficient (Wildman–Crippen LogP) is 1.58. The van der Waals surface area contributed by atoms with E-state index < -0.39 is 0 Å². The van der Waals surface area contributed by atoms with Crippen LogP contribution in [0.25, 0.3) is 0 Å². The van der Waals surface area contributed by atoms with Crippen LogP contribution in [0.2, 0.25) is 5.02 Å². The summed E-state index contributed by atoms with van der Waals surface area (Å²) >= 11 is 5.95. The average Bonchev–Trinajstić information content (AvgIpc) is 2.69. The third kappa shape index (κ3) is 4.37. The van der Waals surface area contributed by atoms with Crippen molar-refractivity contribution in [2.24, 2.45) is 0 Å². The monoisotopic (exact) mass is 297 g/mol. The van der Waals surface area contributed by atoms with Gasteiger partial charge in [0.15, 0.2) is 0 Å². The zero-order valence-electron chi connectivity index (χ0n) is 11.6. The number of benzene rings is 1. The second-order valence-corrected chi connectivity index (χ2v) is 5.18. The number of rotatable bonds is 4. The van der Waals surface area contributed by atoms with Crippen molar-refractivity contribution in [3.8, 4) is 5.75 Å². The molecule has 1 aliphatic rings. The molecule has 1 amide bonds. The zero-order chi connectivity index (χ0) is 14.4. The summed E-state index contributed by atoms with van der Waals surface area (Å²) in [6.07, 6.45) is 1.07. The third-order valence-corrected chi connectivity index (χ3v) is 3.55. The fraction of sp³-hybridized carbons (Fsp3) is 0.500. The zero-order valence-corrected chi connectivity index (χ0v) is 12.4. The number of hydrogen-bond donors (Lipinski definition) is 2. The lowest BCUT2D eigenvalue weighted by Gasteiger charge is -2.18. The van der Waals surface area contributed by atoms with Gasteiger partial charge in [-0.2, -0.15) is 0 Å². The normalized spacial score (nSPS) is 16.5. The average molecular weight is 298 g/mol. The molecule has 0 unspecified atom stereocenters. The van der Waals surface area contributed by atoms with Crippen LogP contribution >= 0.6 is 11.6 Å². The van der Waals surface area contributed by atoms with Crippen molar-refractivity contribution in [1.82, 2.24) is 10.2 Å². The summed E-state index contributed by atoms with van der Waals surface area (Å²) in [6, 6.07) is 5.21. The molecule has 0 bridgehead atoms. The number of halogens is 1. The standard InChI is InChI=1S/C14H20ClN3O2/c1-20-13-9-11(3-4-12(13)15)17-14(19)10-18-7-2-5-16-6-8-18/h3-4,9,16H,2,5-8,10H2,1H3,(H,17,19). The van der Waals surface area contributed by atoms with Crippen LogP contribution in [-0.2, 0) is 4.79 Å². The van der Waals surface area contributed by atoms with Gasteiger partial charge in [0, 0.05) is 24.8 Å². The number of ether oxygens (including phenoxy) is 1. The van der Waals surface area contributed by atoms with E-state index in [9.17, 15) is 4.79 Å². The lowest BCUT2D eigenvalue weighted by molar-refractivity contribution is -0.117. The molecule has 1 heterocycles. The highest BCUT2D eigenvalue weighted by Gasteiger charge is 2.13. The van der Waals surface area contributed by atoms with Gasteiger partial charge in [-0.1, -0.05) is 11.6 Å². The first-order valence-electron chi connectivity index (χ1n) is 6.75. The van der Waals surface area contributed by atoms with Crippen LogP contribution in [0.4, 0.5) is 5.69 Å². The Morgan fingerprint density at radius 3 is 3.10 bits per heavy atom. The summed E-state index contributed by atoms with van der Waals surface area (Å²) in [7, 11) is 1.55. The minimum Gasteiger partial charge on any atom is -0.495 e. The molecule has 20 heavy (non-hydrogen) atoms. The van der Waals surface area contributed by atoms with Crippen molar-refractivity contribution in [3.63, 3.8) is 0 Å². The summed E-state index contributed by atoms with van der Waals surface area (Å²) < 4.78 is 5.13. The largest absolute Gasteiger partial charge is 0.495 e. The predicted molar refractivity (Wildman–Crippen MR) is 80.6 cm³/mol. The maximum absolute atomic E-state index is 12.0. The van der Waals surface area contributed by atoms with Crippen molar-refractivity contribution < 1.29 is 9.53 Å². The van der Waals surface area contributed by atoms with Crippen LogP contribution in [0.5, 0.6) is 5.75 Å². The molecule has 0 radical (unpaired) electrons. The Labute approximate surface area is 124 Å². The van der Waals surface area contributed by atoms with E-state index in [2.05, 4.69) is 15.5 Å². The number of methoxy groups -OCH3 is 1. The molecule has 0 aromatic heterocycles. The number of nitrogens with one attached hydrogen (secondary N) is 2. The maximum Gasteiger partial charge on any atom is 0.238 e. The van der Waals surface area contributed by atoms with E-state index >= 15 is 0 Å². The van der Waals surface area contributed by atoms with Gasteiger partial charge in [-0.3, -0.25) is 9.69 Å². The van der Waals surface area contributed by atoms with Crippen molar-refractivity contribution in [2.75, 3.05) is 45.2 Å². The van der Waals surface area contributed by atoms with E-state index in [4.69, 9.17) is 16.3 Å². The Bertz CT molecular complexity index is 460. The van der Waals surface area contributed by atoms with Crippen LogP contribution in [0.15, 0.2) is 18.2 Å². The fourth-order valence-corrected chi connectivity index (χ4v) is 2.40. The molecule has 0 aliphatic carbocycles. The highest BCUT2D eigenvalue weighted by molar-refractivity contribution is 6.32. The molecule has 6 heteroatoms. The van der Waals surface area contributed by atoms with Gasteiger partial charge >= 0.3 is 0 Å². The van der Waals surface area contributed by atoms with Crippen LogP contribution < -0.4 is 15.4 Å². The Balaban J connectivity index is 1.90. The highest BCUT2D eigenvalue weighted by atomic mass is 35.5. The second kappa shape index (κ2) is 7.47. The smallest absolute Gasteiger partial charge is 0.238 e. The molecule has 2 N–H and O–H groups in total. The molecule has 1 aromatic carbocycles. The van der Waals surface area contributed by atoms with Crippen molar-refractivity contribution in [1.29, 1.82) is 0 Å². The molecule has 110 valence electrons. The molecule has 5 nitrogen and oxygen atoms in total. The molecule has 1 aromatic rings. The Hall–Kier alpha value is -1.30. The highest BCUT2D eigenvalue weighted by Crippen LogP contribution is 2.27. The van der Waals surface area contributed by atoms with E-state index in [1.165, 1.54) is 0 Å². The number of hydrogen-bond acceptors (Lipinski definition) is 4. The van der Waals surface area contributed by atoms with Gasteiger partial charge in [0.2, 0.25) is 5.91 Å². The molecular weight excluding hydrogens is 278 g/mol. The lowest BCUT2D eigenvalue weighted by Crippen LogP contribution is -2.35. The van der Waals surface area contributed by atoms with Crippen LogP contribution in [0, 0.1) is 0 Å². The number of carbonyl (C=O) groups excluding carboxylic acids is 1. The number of amides is 1. The van der Waals surface area contributed by atoms with Crippen molar-refractivity contribution in [3.05, 3.63) is 23.2 Å². The van der Waals surface area contributed by atoms with E-state index in [0.717, 1.165) is 32.6 Å². The maximum atomic E-state index is 12.0. The SMILES string of the molecule is COc1cc(NC(=O)CN2CCCNCC2)ccc1Cl. The molecule has 1 aliphatic heterocycles. The third-order valence-electron chi connectivity index (χ3n) is 3.23. The van der Waals surface area contributed by atoms with Crippen LogP contribution in [0.1, 0.15) is 6.42 Å². The number of nitrogens with zero attached hydrogens (tertiary/aromatic N) is 1. The summed E-state index contributed by atoms with van der Waals surface area (Å²) in [6.45, 7) is 4.21. The van der Waals surface area contributed by atoms with Crippen molar-refractivity contribution in [2.45, 2.75) is 6.42 Å². The first-order valence-corrected chi connectivity index (χ1v) is 7.13. The van der Waals surface area contributed by atoms with Gasteiger partial charge in [-0.25, -0.2) is 0 Å². The molecule has 0 saturated carbocycles. The molecule has 0 spiro atoms. The molecule has 1 fully saturated rings.